The van der Waals surface area contributed by atoms with Gasteiger partial charge >= 0.3 is 0 Å². The molecule has 1 fully saturated rings. The number of tetrazole rings is 1. The van der Waals surface area contributed by atoms with Crippen molar-refractivity contribution in [2.24, 2.45) is 0 Å². The number of rotatable bonds is 5. The molecule has 0 spiro atoms. The lowest BCUT2D eigenvalue weighted by molar-refractivity contribution is -0.133. The van der Waals surface area contributed by atoms with Gasteiger partial charge in [0.25, 0.3) is 0 Å². The van der Waals surface area contributed by atoms with Crippen molar-refractivity contribution in [3.05, 3.63) is 17.5 Å². The minimum atomic E-state index is -3.03. The van der Waals surface area contributed by atoms with Crippen LogP contribution in [0.2, 0.25) is 0 Å². The molecule has 0 N–H and O–H groups in total. The van der Waals surface area contributed by atoms with E-state index in [1.165, 1.54) is 16.1 Å². The zero-order chi connectivity index (χ0) is 16.4. The second-order valence-electron chi connectivity index (χ2n) is 5.36. The van der Waals surface area contributed by atoms with Gasteiger partial charge in [0, 0.05) is 12.6 Å². The first-order chi connectivity index (χ1) is 11.0. The van der Waals surface area contributed by atoms with Crippen molar-refractivity contribution in [2.75, 3.05) is 18.1 Å². The number of aromatic nitrogens is 4. The standard InChI is InChI=1S/C13H17N5O3S2/c1-2-17(10-5-7-23(20,21)9-10)12(19)8-18-15-13(14-16-18)11-4-3-6-22-11/h3-4,6,10H,2,5,7-9H2,1H3/t10-/m0/s1. The predicted octanol–water partition coefficient (Wildman–Crippen LogP) is 0.437. The van der Waals surface area contributed by atoms with E-state index in [1.807, 2.05) is 24.4 Å². The normalized spacial score (nSPS) is 19.8. The Morgan fingerprint density at radius 3 is 2.96 bits per heavy atom. The van der Waals surface area contributed by atoms with E-state index < -0.39 is 9.84 Å². The summed E-state index contributed by atoms with van der Waals surface area (Å²) in [7, 11) is -3.03. The molecule has 0 radical (unpaired) electrons. The van der Waals surface area contributed by atoms with Gasteiger partial charge in [-0.05, 0) is 30.0 Å². The van der Waals surface area contributed by atoms with Crippen molar-refractivity contribution >= 4 is 27.1 Å². The molecule has 1 aliphatic heterocycles. The number of amides is 1. The highest BCUT2D eigenvalue weighted by Crippen LogP contribution is 2.20. The highest BCUT2D eigenvalue weighted by atomic mass is 32.2. The van der Waals surface area contributed by atoms with E-state index in [0.717, 1.165) is 4.88 Å². The number of hydrogen-bond donors (Lipinski definition) is 0. The Morgan fingerprint density at radius 1 is 1.52 bits per heavy atom. The molecular formula is C13H17N5O3S2. The molecule has 0 bridgehead atoms. The van der Waals surface area contributed by atoms with Gasteiger partial charge in [-0.3, -0.25) is 4.79 Å². The van der Waals surface area contributed by atoms with E-state index in [2.05, 4.69) is 15.4 Å². The molecule has 0 saturated carbocycles. The zero-order valence-electron chi connectivity index (χ0n) is 12.6. The van der Waals surface area contributed by atoms with Crippen molar-refractivity contribution in [1.29, 1.82) is 0 Å². The minimum absolute atomic E-state index is 0.0389. The lowest BCUT2D eigenvalue weighted by atomic mass is 10.2. The fourth-order valence-electron chi connectivity index (χ4n) is 2.69. The Hall–Kier alpha value is -1.81. The number of nitrogens with zero attached hydrogens (tertiary/aromatic N) is 5. The van der Waals surface area contributed by atoms with Gasteiger partial charge in [0.1, 0.15) is 6.54 Å². The van der Waals surface area contributed by atoms with E-state index in [9.17, 15) is 13.2 Å². The summed E-state index contributed by atoms with van der Waals surface area (Å²) in [6, 6.07) is 3.53. The van der Waals surface area contributed by atoms with Crippen LogP contribution in [0, 0.1) is 0 Å². The van der Waals surface area contributed by atoms with Crippen LogP contribution in [0.5, 0.6) is 0 Å². The van der Waals surface area contributed by atoms with Crippen LogP contribution in [0.1, 0.15) is 13.3 Å². The van der Waals surface area contributed by atoms with E-state index in [0.29, 0.717) is 18.8 Å². The van der Waals surface area contributed by atoms with Crippen molar-refractivity contribution < 1.29 is 13.2 Å². The average molecular weight is 355 g/mol. The van der Waals surface area contributed by atoms with Crippen LogP contribution in [-0.4, -0.2) is 63.5 Å². The van der Waals surface area contributed by atoms with Crippen molar-refractivity contribution in [1.82, 2.24) is 25.1 Å². The highest BCUT2D eigenvalue weighted by Gasteiger charge is 2.34. The quantitative estimate of drug-likeness (QED) is 0.772. The zero-order valence-corrected chi connectivity index (χ0v) is 14.3. The maximum atomic E-state index is 12.4. The molecule has 2 aromatic heterocycles. The summed E-state index contributed by atoms with van der Waals surface area (Å²) < 4.78 is 23.2. The Morgan fingerprint density at radius 2 is 2.35 bits per heavy atom. The summed E-state index contributed by atoms with van der Waals surface area (Å²) in [5.41, 5.74) is 0. The second kappa shape index (κ2) is 6.36. The minimum Gasteiger partial charge on any atom is -0.337 e. The van der Waals surface area contributed by atoms with Gasteiger partial charge in [-0.1, -0.05) is 6.07 Å². The summed E-state index contributed by atoms with van der Waals surface area (Å²) in [6.07, 6.45) is 0.493. The second-order valence-corrected chi connectivity index (χ2v) is 8.53. The third-order valence-corrected chi connectivity index (χ3v) is 6.40. The number of thiophene rings is 1. The molecule has 1 amide bonds. The van der Waals surface area contributed by atoms with Crippen molar-refractivity contribution in [3.63, 3.8) is 0 Å². The number of sulfone groups is 1. The molecule has 23 heavy (non-hydrogen) atoms. The Labute approximate surface area is 138 Å². The number of likely N-dealkylation sites (N-methyl/N-ethyl adjacent to an activating group) is 1. The number of carbonyl (C=O) groups is 1. The van der Waals surface area contributed by atoms with Gasteiger partial charge in [0.2, 0.25) is 11.7 Å². The van der Waals surface area contributed by atoms with E-state index in [4.69, 9.17) is 0 Å². The Balaban J connectivity index is 1.68. The van der Waals surface area contributed by atoms with Crippen LogP contribution in [0.3, 0.4) is 0 Å². The maximum Gasteiger partial charge on any atom is 0.246 e. The van der Waals surface area contributed by atoms with Crippen molar-refractivity contribution in [2.45, 2.75) is 25.9 Å². The van der Waals surface area contributed by atoms with Gasteiger partial charge in [-0.25, -0.2) is 8.42 Å². The first-order valence-electron chi connectivity index (χ1n) is 7.30. The number of carbonyl (C=O) groups excluding carboxylic acids is 1. The van der Waals surface area contributed by atoms with E-state index in [1.54, 1.807) is 4.90 Å². The molecule has 10 heteroatoms. The molecule has 2 aromatic rings. The van der Waals surface area contributed by atoms with E-state index in [-0.39, 0.29) is 30.0 Å². The molecule has 1 atom stereocenters. The fourth-order valence-corrected chi connectivity index (χ4v) is 5.06. The van der Waals surface area contributed by atoms with Crippen LogP contribution in [-0.2, 0) is 21.2 Å². The SMILES string of the molecule is CCN(C(=O)Cn1nnc(-c2cccs2)n1)[C@H]1CCS(=O)(=O)C1. The lowest BCUT2D eigenvalue weighted by Gasteiger charge is -2.26. The van der Waals surface area contributed by atoms with Crippen LogP contribution >= 0.6 is 11.3 Å². The molecule has 3 rings (SSSR count). The van der Waals surface area contributed by atoms with Crippen LogP contribution in [0.25, 0.3) is 10.7 Å². The lowest BCUT2D eigenvalue weighted by Crippen LogP contribution is -2.42. The third-order valence-electron chi connectivity index (χ3n) is 3.78. The largest absolute Gasteiger partial charge is 0.337 e. The van der Waals surface area contributed by atoms with Crippen molar-refractivity contribution in [3.8, 4) is 10.7 Å². The molecule has 0 aromatic carbocycles. The van der Waals surface area contributed by atoms with Crippen LogP contribution < -0.4 is 0 Å². The maximum absolute atomic E-state index is 12.4. The van der Waals surface area contributed by atoms with Gasteiger partial charge < -0.3 is 4.90 Å². The molecule has 8 nitrogen and oxygen atoms in total. The van der Waals surface area contributed by atoms with Gasteiger partial charge in [0.05, 0.1) is 16.4 Å². The number of hydrogen-bond acceptors (Lipinski definition) is 7. The summed E-state index contributed by atoms with van der Waals surface area (Å²) in [5.74, 6) is 0.479. The van der Waals surface area contributed by atoms with E-state index >= 15 is 0 Å². The highest BCUT2D eigenvalue weighted by molar-refractivity contribution is 7.91. The summed E-state index contributed by atoms with van der Waals surface area (Å²) in [4.78, 5) is 16.2. The van der Waals surface area contributed by atoms with Crippen LogP contribution in [0.4, 0.5) is 0 Å². The van der Waals surface area contributed by atoms with Crippen LogP contribution in [0.15, 0.2) is 17.5 Å². The molecule has 3 heterocycles. The fraction of sp³-hybridized carbons (Fsp3) is 0.538. The van der Waals surface area contributed by atoms with Gasteiger partial charge in [-0.2, -0.15) is 4.80 Å². The molecule has 1 saturated heterocycles. The third kappa shape index (κ3) is 3.58. The summed E-state index contributed by atoms with van der Waals surface area (Å²) in [5, 5.41) is 14.0. The van der Waals surface area contributed by atoms with Gasteiger partial charge in [0.15, 0.2) is 9.84 Å². The first kappa shape index (κ1) is 16.1. The monoisotopic (exact) mass is 355 g/mol. The van der Waals surface area contributed by atoms with Gasteiger partial charge in [-0.15, -0.1) is 21.5 Å². The molecule has 1 aliphatic rings. The Kier molecular flexibility index (Phi) is 4.44. The topological polar surface area (TPSA) is 98.1 Å². The predicted molar refractivity (Wildman–Crippen MR) is 85.6 cm³/mol. The summed E-state index contributed by atoms with van der Waals surface area (Å²) in [6.45, 7) is 2.27. The Bertz CT molecular complexity index is 784. The summed E-state index contributed by atoms with van der Waals surface area (Å²) >= 11 is 1.50. The smallest absolute Gasteiger partial charge is 0.246 e. The molecule has 0 aliphatic carbocycles. The molecular weight excluding hydrogens is 338 g/mol. The molecule has 124 valence electrons. The molecule has 0 unspecified atom stereocenters. The first-order valence-corrected chi connectivity index (χ1v) is 10.00. The average Bonchev–Trinajstić information content (AvgIpc) is 3.20.